The van der Waals surface area contributed by atoms with E-state index >= 15 is 0 Å². The monoisotopic (exact) mass is 301 g/mol. The van der Waals surface area contributed by atoms with Gasteiger partial charge in [-0.25, -0.2) is 0 Å². The smallest absolute Gasteiger partial charge is 0.0766 e. The van der Waals surface area contributed by atoms with Gasteiger partial charge in [-0.15, -0.1) is 0 Å². The first kappa shape index (κ1) is 13.1. The summed E-state index contributed by atoms with van der Waals surface area (Å²) in [7, 11) is 1.93. The van der Waals surface area contributed by atoms with Crippen LogP contribution in [-0.4, -0.2) is 26.5 Å². The fourth-order valence-electron chi connectivity index (χ4n) is 2.63. The van der Waals surface area contributed by atoms with Gasteiger partial charge in [0, 0.05) is 19.5 Å². The lowest BCUT2D eigenvalue weighted by Gasteiger charge is -2.22. The van der Waals surface area contributed by atoms with Crippen molar-refractivity contribution in [2.75, 3.05) is 0 Å². The molecule has 1 aromatic rings. The van der Waals surface area contributed by atoms with Crippen molar-refractivity contribution in [2.24, 2.45) is 12.8 Å². The number of aromatic nitrogens is 2. The predicted octanol–water partition coefficient (Wildman–Crippen LogP) is 1.53. The summed E-state index contributed by atoms with van der Waals surface area (Å²) in [5.41, 5.74) is 7.34. The summed E-state index contributed by atoms with van der Waals surface area (Å²) in [5, 5.41) is 15.0. The maximum atomic E-state index is 10.5. The molecule has 0 aromatic carbocycles. The molecule has 1 fully saturated rings. The molecule has 2 atom stereocenters. The minimum atomic E-state index is -0.652. The molecule has 96 valence electrons. The Morgan fingerprint density at radius 2 is 2.35 bits per heavy atom. The molecule has 1 aliphatic carbocycles. The summed E-state index contributed by atoms with van der Waals surface area (Å²) in [6, 6.07) is 0.137. The second-order valence-electron chi connectivity index (χ2n) is 5.09. The molecule has 5 heteroatoms. The van der Waals surface area contributed by atoms with Crippen molar-refractivity contribution >= 4 is 15.9 Å². The molecule has 3 N–H and O–H groups in total. The summed E-state index contributed by atoms with van der Waals surface area (Å²) in [6.45, 7) is 2.08. The first-order valence-electron chi connectivity index (χ1n) is 6.13. The Labute approximate surface area is 110 Å². The average molecular weight is 302 g/mol. The van der Waals surface area contributed by atoms with E-state index in [9.17, 15) is 5.11 Å². The quantitative estimate of drug-likeness (QED) is 0.890. The molecule has 1 aromatic heterocycles. The normalized spacial score (nSPS) is 28.9. The lowest BCUT2D eigenvalue weighted by molar-refractivity contribution is 0.0448. The van der Waals surface area contributed by atoms with E-state index < -0.39 is 5.60 Å². The molecule has 1 saturated carbocycles. The first-order valence-corrected chi connectivity index (χ1v) is 6.92. The van der Waals surface area contributed by atoms with Gasteiger partial charge in [0.2, 0.25) is 0 Å². The highest BCUT2D eigenvalue weighted by atomic mass is 79.9. The van der Waals surface area contributed by atoms with Crippen LogP contribution in [0.25, 0.3) is 0 Å². The number of halogens is 1. The Bertz CT molecular complexity index is 418. The van der Waals surface area contributed by atoms with Crippen LogP contribution >= 0.6 is 15.9 Å². The van der Waals surface area contributed by atoms with Crippen LogP contribution in [0.4, 0.5) is 0 Å². The van der Waals surface area contributed by atoms with Crippen LogP contribution in [0.1, 0.15) is 37.6 Å². The zero-order valence-electron chi connectivity index (χ0n) is 10.4. The molecule has 17 heavy (non-hydrogen) atoms. The third kappa shape index (κ3) is 2.56. The van der Waals surface area contributed by atoms with Gasteiger partial charge in [-0.2, -0.15) is 5.10 Å². The van der Waals surface area contributed by atoms with E-state index in [4.69, 9.17) is 5.73 Å². The van der Waals surface area contributed by atoms with E-state index in [2.05, 4.69) is 28.0 Å². The number of hydrogen-bond donors (Lipinski definition) is 2. The summed E-state index contributed by atoms with van der Waals surface area (Å²) >= 11 is 3.58. The Balaban J connectivity index is 2.21. The number of hydrogen-bond acceptors (Lipinski definition) is 3. The molecular formula is C12H20BrN3O. The first-order chi connectivity index (χ1) is 7.95. The van der Waals surface area contributed by atoms with Crippen LogP contribution in [-0.2, 0) is 19.9 Å². The highest BCUT2D eigenvalue weighted by Crippen LogP contribution is 2.34. The largest absolute Gasteiger partial charge is 0.389 e. The molecule has 0 aliphatic heterocycles. The van der Waals surface area contributed by atoms with E-state index in [-0.39, 0.29) is 6.04 Å². The average Bonchev–Trinajstić information content (AvgIpc) is 2.73. The highest BCUT2D eigenvalue weighted by Gasteiger charge is 2.37. The Morgan fingerprint density at radius 3 is 2.82 bits per heavy atom. The van der Waals surface area contributed by atoms with Crippen LogP contribution in [0.2, 0.25) is 0 Å². The third-order valence-corrected chi connectivity index (χ3v) is 4.54. The van der Waals surface area contributed by atoms with Crippen molar-refractivity contribution in [3.8, 4) is 0 Å². The molecule has 0 spiro atoms. The number of rotatable bonds is 3. The Hall–Kier alpha value is -0.390. The zero-order valence-corrected chi connectivity index (χ0v) is 12.0. The molecule has 0 bridgehead atoms. The maximum absolute atomic E-state index is 10.5. The summed E-state index contributed by atoms with van der Waals surface area (Å²) in [4.78, 5) is 0. The number of aliphatic hydroxyl groups is 1. The molecule has 1 heterocycles. The maximum Gasteiger partial charge on any atom is 0.0766 e. The van der Waals surface area contributed by atoms with Crippen LogP contribution in [0.5, 0.6) is 0 Å². The summed E-state index contributed by atoms with van der Waals surface area (Å²) in [6.07, 6.45) is 3.91. The second-order valence-corrected chi connectivity index (χ2v) is 5.88. The molecule has 0 amide bonds. The van der Waals surface area contributed by atoms with Gasteiger partial charge >= 0.3 is 0 Å². The van der Waals surface area contributed by atoms with Gasteiger partial charge < -0.3 is 10.8 Å². The van der Waals surface area contributed by atoms with Crippen molar-refractivity contribution in [2.45, 2.75) is 50.7 Å². The van der Waals surface area contributed by atoms with Gasteiger partial charge in [-0.1, -0.05) is 6.92 Å². The number of nitrogens with zero attached hydrogens (tertiary/aromatic N) is 2. The van der Waals surface area contributed by atoms with E-state index in [1.807, 2.05) is 11.7 Å². The minimum Gasteiger partial charge on any atom is -0.389 e. The van der Waals surface area contributed by atoms with Crippen molar-refractivity contribution < 1.29 is 5.11 Å². The molecule has 2 rings (SSSR count). The standard InChI is InChI=1S/C12H20BrN3O/c1-3-9-11(13)10(16(2)15-9)7-12(17)5-4-8(14)6-12/h8,17H,3-7,14H2,1-2H3. The topological polar surface area (TPSA) is 64.1 Å². The fourth-order valence-corrected chi connectivity index (χ4v) is 3.39. The molecular weight excluding hydrogens is 282 g/mol. The Kier molecular flexibility index (Phi) is 3.61. The van der Waals surface area contributed by atoms with E-state index in [0.29, 0.717) is 12.8 Å². The molecule has 0 saturated heterocycles. The third-order valence-electron chi connectivity index (χ3n) is 3.62. The van der Waals surface area contributed by atoms with E-state index in [0.717, 1.165) is 35.1 Å². The lowest BCUT2D eigenvalue weighted by atomic mass is 9.95. The zero-order chi connectivity index (χ0) is 12.6. The van der Waals surface area contributed by atoms with Crippen LogP contribution in [0.3, 0.4) is 0 Å². The SMILES string of the molecule is CCc1nn(C)c(CC2(O)CCC(N)C2)c1Br. The second kappa shape index (κ2) is 4.71. The molecule has 1 aliphatic rings. The summed E-state index contributed by atoms with van der Waals surface area (Å²) in [5.74, 6) is 0. The van der Waals surface area contributed by atoms with Gasteiger partial charge in [-0.3, -0.25) is 4.68 Å². The number of nitrogens with two attached hydrogens (primary N) is 1. The van der Waals surface area contributed by atoms with Crippen molar-refractivity contribution in [3.63, 3.8) is 0 Å². The highest BCUT2D eigenvalue weighted by molar-refractivity contribution is 9.10. The summed E-state index contributed by atoms with van der Waals surface area (Å²) < 4.78 is 2.90. The number of aryl methyl sites for hydroxylation is 2. The van der Waals surface area contributed by atoms with Gasteiger partial charge in [0.25, 0.3) is 0 Å². The van der Waals surface area contributed by atoms with Crippen LogP contribution < -0.4 is 5.73 Å². The molecule has 2 unspecified atom stereocenters. The van der Waals surface area contributed by atoms with E-state index in [1.54, 1.807) is 0 Å². The van der Waals surface area contributed by atoms with Crippen molar-refractivity contribution in [1.82, 2.24) is 9.78 Å². The molecule has 4 nitrogen and oxygen atoms in total. The predicted molar refractivity (Wildman–Crippen MR) is 70.8 cm³/mol. The minimum absolute atomic E-state index is 0.137. The van der Waals surface area contributed by atoms with Gasteiger partial charge in [-0.05, 0) is 41.6 Å². The molecule has 0 radical (unpaired) electrons. The van der Waals surface area contributed by atoms with Gasteiger partial charge in [0.15, 0.2) is 0 Å². The van der Waals surface area contributed by atoms with Gasteiger partial charge in [0.1, 0.15) is 0 Å². The van der Waals surface area contributed by atoms with Crippen molar-refractivity contribution in [1.29, 1.82) is 0 Å². The van der Waals surface area contributed by atoms with E-state index in [1.165, 1.54) is 0 Å². The fraction of sp³-hybridized carbons (Fsp3) is 0.750. The van der Waals surface area contributed by atoms with Crippen LogP contribution in [0.15, 0.2) is 4.47 Å². The van der Waals surface area contributed by atoms with Crippen molar-refractivity contribution in [3.05, 3.63) is 15.9 Å². The van der Waals surface area contributed by atoms with Gasteiger partial charge in [0.05, 0.1) is 21.5 Å². The van der Waals surface area contributed by atoms with Crippen LogP contribution in [0, 0.1) is 0 Å². The lowest BCUT2D eigenvalue weighted by Crippen LogP contribution is -2.31. The Morgan fingerprint density at radius 1 is 1.65 bits per heavy atom.